The van der Waals surface area contributed by atoms with Crippen LogP contribution in [0.2, 0.25) is 0 Å². The van der Waals surface area contributed by atoms with Crippen LogP contribution in [0.3, 0.4) is 0 Å². The van der Waals surface area contributed by atoms with E-state index in [2.05, 4.69) is 0 Å². The highest BCUT2D eigenvalue weighted by atomic mass is 19.1. The number of carbonyl (C=O) groups excluding carboxylic acids is 1. The summed E-state index contributed by atoms with van der Waals surface area (Å²) >= 11 is 0. The van der Waals surface area contributed by atoms with Crippen molar-refractivity contribution in [2.24, 2.45) is 0 Å². The van der Waals surface area contributed by atoms with Gasteiger partial charge in [-0.1, -0.05) is 12.1 Å². The fourth-order valence-electron chi connectivity index (χ4n) is 2.51. The third-order valence-corrected chi connectivity index (χ3v) is 3.28. The van der Waals surface area contributed by atoms with Gasteiger partial charge >= 0.3 is 0 Å². The quantitative estimate of drug-likeness (QED) is 0.910. The SMILES string of the molecule is CC1(C)CN(C(=O)Cc2cccc(F)c2)CC(CO)O1. The Labute approximate surface area is 118 Å². The molecule has 0 bridgehead atoms. The van der Waals surface area contributed by atoms with Gasteiger partial charge in [0.05, 0.1) is 24.7 Å². The predicted molar refractivity (Wildman–Crippen MR) is 72.7 cm³/mol. The summed E-state index contributed by atoms with van der Waals surface area (Å²) in [4.78, 5) is 14.0. The van der Waals surface area contributed by atoms with E-state index in [1.54, 1.807) is 17.0 Å². The molecule has 5 heteroatoms. The minimum absolute atomic E-state index is 0.0783. The first-order chi connectivity index (χ1) is 9.39. The maximum atomic E-state index is 13.1. The largest absolute Gasteiger partial charge is 0.394 e. The van der Waals surface area contributed by atoms with Crippen LogP contribution in [-0.2, 0) is 16.0 Å². The first kappa shape index (κ1) is 14.9. The van der Waals surface area contributed by atoms with Crippen LogP contribution in [0.25, 0.3) is 0 Å². The number of morpholine rings is 1. The molecule has 1 aliphatic heterocycles. The number of aliphatic hydroxyl groups excluding tert-OH is 1. The molecule has 1 amide bonds. The molecule has 1 saturated heterocycles. The molecule has 1 fully saturated rings. The third-order valence-electron chi connectivity index (χ3n) is 3.28. The number of rotatable bonds is 3. The maximum Gasteiger partial charge on any atom is 0.227 e. The van der Waals surface area contributed by atoms with E-state index < -0.39 is 5.60 Å². The second kappa shape index (κ2) is 5.89. The number of amides is 1. The number of ether oxygens (including phenoxy) is 1. The highest BCUT2D eigenvalue weighted by molar-refractivity contribution is 5.79. The molecule has 0 radical (unpaired) electrons. The third kappa shape index (κ3) is 3.77. The number of halogens is 1. The standard InChI is InChI=1S/C15H20FNO3/c1-15(2)10-17(8-13(9-18)20-15)14(19)7-11-4-3-5-12(16)6-11/h3-6,13,18H,7-10H2,1-2H3. The van der Waals surface area contributed by atoms with E-state index in [1.165, 1.54) is 12.1 Å². The maximum absolute atomic E-state index is 13.1. The predicted octanol–water partition coefficient (Wildman–Crippen LogP) is 1.37. The van der Waals surface area contributed by atoms with E-state index in [0.717, 1.165) is 0 Å². The number of benzene rings is 1. The number of aliphatic hydroxyl groups is 1. The van der Waals surface area contributed by atoms with Gasteiger partial charge in [0.25, 0.3) is 0 Å². The fourth-order valence-corrected chi connectivity index (χ4v) is 2.51. The molecule has 0 saturated carbocycles. The average Bonchev–Trinajstić information content (AvgIpc) is 2.36. The molecule has 1 aromatic rings. The molecule has 1 heterocycles. The molecule has 4 nitrogen and oxygen atoms in total. The van der Waals surface area contributed by atoms with E-state index in [4.69, 9.17) is 4.74 Å². The van der Waals surface area contributed by atoms with Crippen LogP contribution in [0.5, 0.6) is 0 Å². The number of hydrogen-bond acceptors (Lipinski definition) is 3. The van der Waals surface area contributed by atoms with Gasteiger partial charge < -0.3 is 14.7 Å². The van der Waals surface area contributed by atoms with Crippen molar-refractivity contribution in [3.05, 3.63) is 35.6 Å². The highest BCUT2D eigenvalue weighted by Gasteiger charge is 2.35. The van der Waals surface area contributed by atoms with Crippen LogP contribution in [0.15, 0.2) is 24.3 Å². The lowest BCUT2D eigenvalue weighted by Gasteiger charge is -2.42. The Morgan fingerprint density at radius 1 is 1.55 bits per heavy atom. The van der Waals surface area contributed by atoms with Crippen molar-refractivity contribution in [2.75, 3.05) is 19.7 Å². The van der Waals surface area contributed by atoms with Gasteiger partial charge in [0, 0.05) is 13.1 Å². The summed E-state index contributed by atoms with van der Waals surface area (Å²) in [6.07, 6.45) is -0.207. The zero-order chi connectivity index (χ0) is 14.8. The van der Waals surface area contributed by atoms with Crippen LogP contribution >= 0.6 is 0 Å². The second-order valence-electron chi connectivity index (χ2n) is 5.76. The second-order valence-corrected chi connectivity index (χ2v) is 5.76. The van der Waals surface area contributed by atoms with Crippen LogP contribution in [-0.4, -0.2) is 47.3 Å². The molecule has 0 spiro atoms. The van der Waals surface area contributed by atoms with Crippen molar-refractivity contribution < 1.29 is 19.0 Å². The first-order valence-corrected chi connectivity index (χ1v) is 6.70. The Morgan fingerprint density at radius 3 is 2.95 bits per heavy atom. The van der Waals surface area contributed by atoms with Crippen LogP contribution in [0.1, 0.15) is 19.4 Å². The Hall–Kier alpha value is -1.46. The molecule has 110 valence electrons. The van der Waals surface area contributed by atoms with E-state index in [0.29, 0.717) is 18.7 Å². The lowest BCUT2D eigenvalue weighted by atomic mass is 10.0. The smallest absolute Gasteiger partial charge is 0.227 e. The monoisotopic (exact) mass is 281 g/mol. The van der Waals surface area contributed by atoms with Gasteiger partial charge in [-0.05, 0) is 31.5 Å². The van der Waals surface area contributed by atoms with Gasteiger partial charge in [-0.3, -0.25) is 4.79 Å². The van der Waals surface area contributed by atoms with Gasteiger partial charge in [-0.25, -0.2) is 4.39 Å². The minimum Gasteiger partial charge on any atom is -0.394 e. The van der Waals surface area contributed by atoms with Crippen molar-refractivity contribution in [2.45, 2.75) is 32.0 Å². The molecule has 1 atom stereocenters. The molecule has 0 aliphatic carbocycles. The molecule has 20 heavy (non-hydrogen) atoms. The zero-order valence-electron chi connectivity index (χ0n) is 11.8. The lowest BCUT2D eigenvalue weighted by Crippen LogP contribution is -2.55. The summed E-state index contributed by atoms with van der Waals surface area (Å²) < 4.78 is 18.8. The molecule has 1 aliphatic rings. The highest BCUT2D eigenvalue weighted by Crippen LogP contribution is 2.21. The summed E-state index contributed by atoms with van der Waals surface area (Å²) in [6, 6.07) is 6.05. The fraction of sp³-hybridized carbons (Fsp3) is 0.533. The molecule has 0 aromatic heterocycles. The summed E-state index contributed by atoms with van der Waals surface area (Å²) in [6.45, 7) is 4.49. The lowest BCUT2D eigenvalue weighted by molar-refractivity contribution is -0.166. The van der Waals surface area contributed by atoms with Crippen molar-refractivity contribution >= 4 is 5.91 Å². The van der Waals surface area contributed by atoms with E-state index in [9.17, 15) is 14.3 Å². The Bertz CT molecular complexity index is 490. The van der Waals surface area contributed by atoms with Crippen LogP contribution in [0, 0.1) is 5.82 Å². The topological polar surface area (TPSA) is 49.8 Å². The average molecular weight is 281 g/mol. The first-order valence-electron chi connectivity index (χ1n) is 6.70. The van der Waals surface area contributed by atoms with Gasteiger partial charge in [-0.15, -0.1) is 0 Å². The molecular formula is C15H20FNO3. The van der Waals surface area contributed by atoms with Crippen molar-refractivity contribution in [1.82, 2.24) is 4.90 Å². The normalized spacial score (nSPS) is 21.8. The Balaban J connectivity index is 2.04. The van der Waals surface area contributed by atoms with Gasteiger partial charge in [0.15, 0.2) is 0 Å². The van der Waals surface area contributed by atoms with Crippen molar-refractivity contribution in [1.29, 1.82) is 0 Å². The van der Waals surface area contributed by atoms with Gasteiger partial charge in [0.1, 0.15) is 5.82 Å². The number of nitrogens with zero attached hydrogens (tertiary/aromatic N) is 1. The molecular weight excluding hydrogens is 261 g/mol. The van der Waals surface area contributed by atoms with Crippen molar-refractivity contribution in [3.63, 3.8) is 0 Å². The minimum atomic E-state index is -0.483. The Morgan fingerprint density at radius 2 is 2.30 bits per heavy atom. The molecule has 1 aromatic carbocycles. The van der Waals surface area contributed by atoms with Gasteiger partial charge in [0.2, 0.25) is 5.91 Å². The summed E-state index contributed by atoms with van der Waals surface area (Å²) in [5, 5.41) is 9.24. The zero-order valence-corrected chi connectivity index (χ0v) is 11.8. The van der Waals surface area contributed by atoms with Gasteiger partial charge in [-0.2, -0.15) is 0 Å². The van der Waals surface area contributed by atoms with E-state index in [-0.39, 0.29) is 30.9 Å². The van der Waals surface area contributed by atoms with E-state index >= 15 is 0 Å². The number of carbonyl (C=O) groups is 1. The summed E-state index contributed by atoms with van der Waals surface area (Å²) in [5.74, 6) is -0.420. The molecule has 1 N–H and O–H groups in total. The van der Waals surface area contributed by atoms with Crippen molar-refractivity contribution in [3.8, 4) is 0 Å². The van der Waals surface area contributed by atoms with Crippen LogP contribution < -0.4 is 0 Å². The molecule has 2 rings (SSSR count). The van der Waals surface area contributed by atoms with E-state index in [1.807, 2.05) is 13.8 Å². The van der Waals surface area contributed by atoms with Crippen LogP contribution in [0.4, 0.5) is 4.39 Å². The molecule has 1 unspecified atom stereocenters. The Kier molecular flexibility index (Phi) is 4.40. The summed E-state index contributed by atoms with van der Waals surface area (Å²) in [5.41, 5.74) is 0.170. The summed E-state index contributed by atoms with van der Waals surface area (Å²) in [7, 11) is 0. The number of hydrogen-bond donors (Lipinski definition) is 1.